The number of rotatable bonds is 2. The number of aromatic nitrogens is 2. The Morgan fingerprint density at radius 3 is 2.93 bits per heavy atom. The van der Waals surface area contributed by atoms with E-state index in [1.54, 1.807) is 0 Å². The van der Waals surface area contributed by atoms with Gasteiger partial charge < -0.3 is 9.88 Å². The van der Waals surface area contributed by atoms with Crippen LogP contribution in [0.2, 0.25) is 0 Å². The van der Waals surface area contributed by atoms with E-state index >= 15 is 0 Å². The van der Waals surface area contributed by atoms with Gasteiger partial charge in [-0.15, -0.1) is 0 Å². The van der Waals surface area contributed by atoms with Crippen LogP contribution in [0, 0.1) is 6.92 Å². The van der Waals surface area contributed by atoms with Crippen LogP contribution in [0.4, 0.5) is 0 Å². The summed E-state index contributed by atoms with van der Waals surface area (Å²) in [4.78, 5) is 4.54. The highest BCUT2D eigenvalue weighted by Crippen LogP contribution is 2.24. The summed E-state index contributed by atoms with van der Waals surface area (Å²) in [5.41, 5.74) is 1.28. The molecule has 1 aliphatic rings. The van der Waals surface area contributed by atoms with Crippen LogP contribution in [0.25, 0.3) is 0 Å². The minimum absolute atomic E-state index is 0.521. The van der Waals surface area contributed by atoms with E-state index in [0.717, 1.165) is 13.1 Å². The summed E-state index contributed by atoms with van der Waals surface area (Å²) < 4.78 is 2.36. The Morgan fingerprint density at radius 2 is 2.36 bits per heavy atom. The zero-order valence-corrected chi connectivity index (χ0v) is 9.25. The Morgan fingerprint density at radius 1 is 1.57 bits per heavy atom. The summed E-state index contributed by atoms with van der Waals surface area (Å²) in [6.45, 7) is 8.80. The molecular weight excluding hydrogens is 174 g/mol. The van der Waals surface area contributed by atoms with Gasteiger partial charge in [0.25, 0.3) is 0 Å². The highest BCUT2D eigenvalue weighted by molar-refractivity contribution is 5.11. The van der Waals surface area contributed by atoms with Crippen molar-refractivity contribution in [3.63, 3.8) is 0 Å². The molecule has 2 rings (SSSR count). The standard InChI is InChI=1S/C11H19N3/c1-8(2)14-9(3)6-13-11(14)10-4-5-12-7-10/h6,8,10,12H,4-5,7H2,1-3H3/t10-/m0/s1. The van der Waals surface area contributed by atoms with Gasteiger partial charge in [-0.3, -0.25) is 0 Å². The topological polar surface area (TPSA) is 29.9 Å². The molecule has 1 fully saturated rings. The van der Waals surface area contributed by atoms with Crippen molar-refractivity contribution in [1.29, 1.82) is 0 Å². The highest BCUT2D eigenvalue weighted by Gasteiger charge is 2.22. The third kappa shape index (κ3) is 1.57. The van der Waals surface area contributed by atoms with Crippen molar-refractivity contribution in [1.82, 2.24) is 14.9 Å². The Hall–Kier alpha value is -0.830. The largest absolute Gasteiger partial charge is 0.330 e. The molecule has 0 spiro atoms. The van der Waals surface area contributed by atoms with E-state index in [0.29, 0.717) is 12.0 Å². The van der Waals surface area contributed by atoms with Crippen LogP contribution in [0.3, 0.4) is 0 Å². The number of aryl methyl sites for hydroxylation is 1. The lowest BCUT2D eigenvalue weighted by Crippen LogP contribution is -2.14. The first-order valence-electron chi connectivity index (χ1n) is 5.44. The van der Waals surface area contributed by atoms with Crippen molar-refractivity contribution in [3.05, 3.63) is 17.7 Å². The molecule has 0 unspecified atom stereocenters. The lowest BCUT2D eigenvalue weighted by Gasteiger charge is -2.17. The average Bonchev–Trinajstić information content (AvgIpc) is 2.70. The van der Waals surface area contributed by atoms with Gasteiger partial charge in [0, 0.05) is 30.4 Å². The Balaban J connectivity index is 2.32. The Bertz CT molecular complexity index is 308. The summed E-state index contributed by atoms with van der Waals surface area (Å²) in [7, 11) is 0. The minimum Gasteiger partial charge on any atom is -0.330 e. The number of imidazole rings is 1. The van der Waals surface area contributed by atoms with Crippen LogP contribution < -0.4 is 5.32 Å². The summed E-state index contributed by atoms with van der Waals surface area (Å²) in [5.74, 6) is 1.88. The van der Waals surface area contributed by atoms with Gasteiger partial charge in [-0.1, -0.05) is 0 Å². The SMILES string of the molecule is Cc1cnc([C@H]2CCNC2)n1C(C)C. The maximum atomic E-state index is 4.54. The third-order valence-corrected chi connectivity index (χ3v) is 2.95. The molecular formula is C11H19N3. The quantitative estimate of drug-likeness (QED) is 0.777. The normalized spacial score (nSPS) is 22.1. The first-order valence-corrected chi connectivity index (χ1v) is 5.44. The summed E-state index contributed by atoms with van der Waals surface area (Å²) in [6, 6.07) is 0.521. The fraction of sp³-hybridized carbons (Fsp3) is 0.727. The summed E-state index contributed by atoms with van der Waals surface area (Å²) >= 11 is 0. The molecule has 1 N–H and O–H groups in total. The van der Waals surface area contributed by atoms with E-state index in [4.69, 9.17) is 0 Å². The smallest absolute Gasteiger partial charge is 0.113 e. The van der Waals surface area contributed by atoms with Gasteiger partial charge >= 0.3 is 0 Å². The third-order valence-electron chi connectivity index (χ3n) is 2.95. The summed E-state index contributed by atoms with van der Waals surface area (Å²) in [5, 5.41) is 3.39. The molecule has 0 bridgehead atoms. The zero-order chi connectivity index (χ0) is 10.1. The molecule has 1 atom stereocenters. The molecule has 0 aromatic carbocycles. The van der Waals surface area contributed by atoms with Crippen molar-refractivity contribution in [3.8, 4) is 0 Å². The Kier molecular flexibility index (Phi) is 2.59. The molecule has 0 saturated carbocycles. The van der Waals surface area contributed by atoms with Crippen molar-refractivity contribution in [2.75, 3.05) is 13.1 Å². The van der Waals surface area contributed by atoms with Crippen LogP contribution in [0.15, 0.2) is 6.20 Å². The maximum absolute atomic E-state index is 4.54. The van der Waals surface area contributed by atoms with Gasteiger partial charge in [-0.2, -0.15) is 0 Å². The predicted molar refractivity (Wildman–Crippen MR) is 57.6 cm³/mol. The molecule has 1 aliphatic heterocycles. The summed E-state index contributed by atoms with van der Waals surface area (Å²) in [6.07, 6.45) is 3.22. The van der Waals surface area contributed by atoms with E-state index in [-0.39, 0.29) is 0 Å². The molecule has 0 amide bonds. The molecule has 3 nitrogen and oxygen atoms in total. The van der Waals surface area contributed by atoms with E-state index in [1.165, 1.54) is 17.9 Å². The molecule has 78 valence electrons. The van der Waals surface area contributed by atoms with E-state index in [1.807, 2.05) is 6.20 Å². The molecule has 1 aromatic heterocycles. The van der Waals surface area contributed by atoms with E-state index in [2.05, 4.69) is 35.6 Å². The molecule has 3 heteroatoms. The van der Waals surface area contributed by atoms with Gasteiger partial charge in [-0.05, 0) is 33.7 Å². The predicted octanol–water partition coefficient (Wildman–Crippen LogP) is 1.85. The molecule has 1 saturated heterocycles. The molecule has 0 aliphatic carbocycles. The first kappa shape index (κ1) is 9.71. The van der Waals surface area contributed by atoms with Crippen LogP contribution in [0.5, 0.6) is 0 Å². The monoisotopic (exact) mass is 193 g/mol. The average molecular weight is 193 g/mol. The van der Waals surface area contributed by atoms with Gasteiger partial charge in [-0.25, -0.2) is 4.98 Å². The molecule has 2 heterocycles. The number of nitrogens with one attached hydrogen (secondary N) is 1. The lowest BCUT2D eigenvalue weighted by molar-refractivity contribution is 0.527. The maximum Gasteiger partial charge on any atom is 0.113 e. The second kappa shape index (κ2) is 3.73. The van der Waals surface area contributed by atoms with E-state index < -0.39 is 0 Å². The fourth-order valence-corrected chi connectivity index (χ4v) is 2.31. The van der Waals surface area contributed by atoms with Crippen molar-refractivity contribution < 1.29 is 0 Å². The first-order chi connectivity index (χ1) is 6.70. The van der Waals surface area contributed by atoms with Crippen LogP contribution in [-0.2, 0) is 0 Å². The van der Waals surface area contributed by atoms with Crippen LogP contribution in [-0.4, -0.2) is 22.6 Å². The van der Waals surface area contributed by atoms with Crippen molar-refractivity contribution in [2.45, 2.75) is 39.2 Å². The molecule has 1 aromatic rings. The second-order valence-corrected chi connectivity index (χ2v) is 4.41. The number of hydrogen-bond acceptors (Lipinski definition) is 2. The molecule has 0 radical (unpaired) electrons. The van der Waals surface area contributed by atoms with Crippen LogP contribution >= 0.6 is 0 Å². The minimum atomic E-state index is 0.521. The zero-order valence-electron chi connectivity index (χ0n) is 9.25. The van der Waals surface area contributed by atoms with Gasteiger partial charge in [0.05, 0.1) is 0 Å². The number of hydrogen-bond donors (Lipinski definition) is 1. The van der Waals surface area contributed by atoms with Gasteiger partial charge in [0.2, 0.25) is 0 Å². The Labute approximate surface area is 85.5 Å². The van der Waals surface area contributed by atoms with Gasteiger partial charge in [0.15, 0.2) is 0 Å². The second-order valence-electron chi connectivity index (χ2n) is 4.41. The fourth-order valence-electron chi connectivity index (χ4n) is 2.31. The lowest BCUT2D eigenvalue weighted by atomic mass is 10.1. The van der Waals surface area contributed by atoms with Gasteiger partial charge in [0.1, 0.15) is 5.82 Å². The van der Waals surface area contributed by atoms with E-state index in [9.17, 15) is 0 Å². The van der Waals surface area contributed by atoms with Crippen molar-refractivity contribution >= 4 is 0 Å². The van der Waals surface area contributed by atoms with Crippen LogP contribution in [0.1, 0.15) is 43.7 Å². The van der Waals surface area contributed by atoms with Crippen molar-refractivity contribution in [2.24, 2.45) is 0 Å². The number of nitrogens with zero attached hydrogens (tertiary/aromatic N) is 2. The highest BCUT2D eigenvalue weighted by atomic mass is 15.1. The molecule has 14 heavy (non-hydrogen) atoms.